The van der Waals surface area contributed by atoms with Crippen LogP contribution in [0.3, 0.4) is 0 Å². The van der Waals surface area contributed by atoms with Crippen molar-refractivity contribution in [3.05, 3.63) is 30.1 Å². The van der Waals surface area contributed by atoms with E-state index in [1.165, 1.54) is 51.4 Å². The quantitative estimate of drug-likeness (QED) is 0.575. The molecule has 1 rings (SSSR count). The molecule has 0 radical (unpaired) electrons. The van der Waals surface area contributed by atoms with Gasteiger partial charge in [0.15, 0.2) is 0 Å². The van der Waals surface area contributed by atoms with Crippen molar-refractivity contribution in [3.63, 3.8) is 0 Å². The minimum absolute atomic E-state index is 0.366. The van der Waals surface area contributed by atoms with Crippen molar-refractivity contribution in [3.8, 4) is 0 Å². The van der Waals surface area contributed by atoms with Gasteiger partial charge in [0.25, 0.3) is 0 Å². The molecule has 1 N–H and O–H groups in total. The largest absolute Gasteiger partial charge is 0.309 e. The van der Waals surface area contributed by atoms with E-state index in [-0.39, 0.29) is 0 Å². The Kier molecular flexibility index (Phi) is 9.34. The first-order valence-electron chi connectivity index (χ1n) is 7.99. The molecule has 108 valence electrons. The predicted molar refractivity (Wildman–Crippen MR) is 83.3 cm³/mol. The van der Waals surface area contributed by atoms with E-state index < -0.39 is 0 Å². The molecular formula is C17H30N2. The molecule has 0 aliphatic heterocycles. The third-order valence-corrected chi connectivity index (χ3v) is 3.61. The second kappa shape index (κ2) is 11.0. The molecule has 0 aliphatic carbocycles. The van der Waals surface area contributed by atoms with E-state index in [4.69, 9.17) is 0 Å². The molecule has 1 heterocycles. The van der Waals surface area contributed by atoms with Gasteiger partial charge in [-0.2, -0.15) is 0 Å². The highest BCUT2D eigenvalue weighted by atomic mass is 14.9. The number of rotatable bonds is 11. The van der Waals surface area contributed by atoms with E-state index in [9.17, 15) is 0 Å². The van der Waals surface area contributed by atoms with Crippen LogP contribution in [0.5, 0.6) is 0 Å². The Hall–Kier alpha value is -0.890. The number of unbranched alkanes of at least 4 members (excludes halogenated alkanes) is 7. The van der Waals surface area contributed by atoms with Crippen molar-refractivity contribution in [1.82, 2.24) is 10.3 Å². The van der Waals surface area contributed by atoms with Gasteiger partial charge < -0.3 is 5.32 Å². The molecule has 0 saturated carbocycles. The fourth-order valence-electron chi connectivity index (χ4n) is 2.31. The monoisotopic (exact) mass is 262 g/mol. The normalized spacial score (nSPS) is 12.5. The van der Waals surface area contributed by atoms with Gasteiger partial charge in [0, 0.05) is 12.2 Å². The summed E-state index contributed by atoms with van der Waals surface area (Å²) in [7, 11) is 0. The van der Waals surface area contributed by atoms with Crippen LogP contribution in [0.1, 0.15) is 76.9 Å². The summed E-state index contributed by atoms with van der Waals surface area (Å²) in [6.45, 7) is 5.56. The van der Waals surface area contributed by atoms with Gasteiger partial charge in [-0.3, -0.25) is 4.98 Å². The summed E-state index contributed by atoms with van der Waals surface area (Å²) in [5, 5.41) is 3.55. The second-order valence-corrected chi connectivity index (χ2v) is 5.41. The summed E-state index contributed by atoms with van der Waals surface area (Å²) in [6.07, 6.45) is 12.9. The van der Waals surface area contributed by atoms with Crippen LogP contribution < -0.4 is 5.32 Å². The van der Waals surface area contributed by atoms with Gasteiger partial charge in [-0.25, -0.2) is 0 Å². The van der Waals surface area contributed by atoms with Crippen molar-refractivity contribution >= 4 is 0 Å². The fourth-order valence-corrected chi connectivity index (χ4v) is 2.31. The summed E-state index contributed by atoms with van der Waals surface area (Å²) in [5.41, 5.74) is 1.14. The van der Waals surface area contributed by atoms with E-state index in [0.717, 1.165) is 12.2 Å². The lowest BCUT2D eigenvalue weighted by Crippen LogP contribution is -2.20. The van der Waals surface area contributed by atoms with Crippen molar-refractivity contribution < 1.29 is 0 Å². The van der Waals surface area contributed by atoms with Gasteiger partial charge >= 0.3 is 0 Å². The van der Waals surface area contributed by atoms with Gasteiger partial charge in [-0.05, 0) is 32.0 Å². The number of aromatic nitrogens is 1. The highest BCUT2D eigenvalue weighted by Gasteiger charge is 2.03. The van der Waals surface area contributed by atoms with E-state index in [2.05, 4.69) is 36.3 Å². The predicted octanol–water partition coefficient (Wildman–Crippen LogP) is 4.87. The molecule has 2 nitrogen and oxygen atoms in total. The minimum Gasteiger partial charge on any atom is -0.309 e. The zero-order chi connectivity index (χ0) is 13.8. The summed E-state index contributed by atoms with van der Waals surface area (Å²) < 4.78 is 0. The maximum Gasteiger partial charge on any atom is 0.0570 e. The number of hydrogen-bond donors (Lipinski definition) is 1. The van der Waals surface area contributed by atoms with Gasteiger partial charge in [0.1, 0.15) is 0 Å². The molecule has 1 aromatic rings. The minimum atomic E-state index is 0.366. The molecule has 0 unspecified atom stereocenters. The van der Waals surface area contributed by atoms with E-state index in [0.29, 0.717) is 6.04 Å². The molecule has 0 aliphatic rings. The molecule has 0 aromatic carbocycles. The zero-order valence-corrected chi connectivity index (χ0v) is 12.7. The Balaban J connectivity index is 1.93. The molecule has 1 aromatic heterocycles. The summed E-state index contributed by atoms with van der Waals surface area (Å²) >= 11 is 0. The maximum atomic E-state index is 4.37. The van der Waals surface area contributed by atoms with E-state index in [1.54, 1.807) is 0 Å². The van der Waals surface area contributed by atoms with Crippen LogP contribution in [0.4, 0.5) is 0 Å². The van der Waals surface area contributed by atoms with Gasteiger partial charge in [-0.15, -0.1) is 0 Å². The van der Waals surface area contributed by atoms with Crippen molar-refractivity contribution in [2.75, 3.05) is 6.54 Å². The van der Waals surface area contributed by atoms with E-state index in [1.807, 2.05) is 12.3 Å². The number of nitrogens with zero attached hydrogens (tertiary/aromatic N) is 1. The Bertz CT molecular complexity index is 297. The number of pyridine rings is 1. The molecule has 2 heteroatoms. The first-order valence-corrected chi connectivity index (χ1v) is 7.99. The topological polar surface area (TPSA) is 24.9 Å². The lowest BCUT2D eigenvalue weighted by Gasteiger charge is -2.12. The Labute approximate surface area is 119 Å². The molecule has 1 atom stereocenters. The maximum absolute atomic E-state index is 4.37. The van der Waals surface area contributed by atoms with Crippen LogP contribution in [0.2, 0.25) is 0 Å². The first kappa shape index (κ1) is 16.2. The fraction of sp³-hybridized carbons (Fsp3) is 0.706. The molecule has 0 fully saturated rings. The second-order valence-electron chi connectivity index (χ2n) is 5.41. The van der Waals surface area contributed by atoms with Crippen LogP contribution in [0, 0.1) is 0 Å². The Morgan fingerprint density at radius 2 is 1.68 bits per heavy atom. The van der Waals surface area contributed by atoms with Crippen molar-refractivity contribution in [2.45, 2.75) is 71.3 Å². The highest BCUT2D eigenvalue weighted by Crippen LogP contribution is 2.10. The van der Waals surface area contributed by atoms with Crippen LogP contribution in [-0.2, 0) is 0 Å². The average Bonchev–Trinajstić information content (AvgIpc) is 2.46. The van der Waals surface area contributed by atoms with Crippen LogP contribution in [0.25, 0.3) is 0 Å². The average molecular weight is 262 g/mol. The summed E-state index contributed by atoms with van der Waals surface area (Å²) in [4.78, 5) is 4.37. The summed E-state index contributed by atoms with van der Waals surface area (Å²) in [5.74, 6) is 0. The SMILES string of the molecule is CCCCCCCCCCN[C@@H](C)c1ccccn1. The Morgan fingerprint density at radius 3 is 2.32 bits per heavy atom. The number of hydrogen-bond acceptors (Lipinski definition) is 2. The number of nitrogens with one attached hydrogen (secondary N) is 1. The van der Waals surface area contributed by atoms with Crippen LogP contribution in [0.15, 0.2) is 24.4 Å². The first-order chi connectivity index (χ1) is 9.34. The molecule has 19 heavy (non-hydrogen) atoms. The third kappa shape index (κ3) is 7.99. The van der Waals surface area contributed by atoms with Crippen LogP contribution in [-0.4, -0.2) is 11.5 Å². The van der Waals surface area contributed by atoms with Crippen molar-refractivity contribution in [2.24, 2.45) is 0 Å². The molecular weight excluding hydrogens is 232 g/mol. The smallest absolute Gasteiger partial charge is 0.0570 e. The van der Waals surface area contributed by atoms with E-state index >= 15 is 0 Å². The van der Waals surface area contributed by atoms with Crippen LogP contribution >= 0.6 is 0 Å². The molecule has 0 saturated heterocycles. The standard InChI is InChI=1S/C17H30N2/c1-3-4-5-6-7-8-9-11-14-18-16(2)17-13-10-12-15-19-17/h10,12-13,15-16,18H,3-9,11,14H2,1-2H3/t16-/m0/s1. The summed E-state index contributed by atoms with van der Waals surface area (Å²) in [6, 6.07) is 6.47. The lowest BCUT2D eigenvalue weighted by atomic mass is 10.1. The molecule has 0 bridgehead atoms. The lowest BCUT2D eigenvalue weighted by molar-refractivity contribution is 0.515. The molecule has 0 amide bonds. The zero-order valence-electron chi connectivity index (χ0n) is 12.7. The third-order valence-electron chi connectivity index (χ3n) is 3.61. The van der Waals surface area contributed by atoms with Gasteiger partial charge in [-0.1, -0.05) is 57.9 Å². The van der Waals surface area contributed by atoms with Gasteiger partial charge in [0.05, 0.1) is 5.69 Å². The van der Waals surface area contributed by atoms with Crippen molar-refractivity contribution in [1.29, 1.82) is 0 Å². The molecule has 0 spiro atoms. The van der Waals surface area contributed by atoms with Gasteiger partial charge in [0.2, 0.25) is 0 Å². The Morgan fingerprint density at radius 1 is 1.00 bits per heavy atom. The highest BCUT2D eigenvalue weighted by molar-refractivity contribution is 5.07.